The Morgan fingerprint density at radius 1 is 1.22 bits per heavy atom. The van der Waals surface area contributed by atoms with E-state index in [9.17, 15) is 4.79 Å². The second kappa shape index (κ2) is 8.35. The predicted molar refractivity (Wildman–Crippen MR) is 112 cm³/mol. The monoisotopic (exact) mass is 385 g/mol. The van der Waals surface area contributed by atoms with Crippen molar-refractivity contribution in [2.45, 2.75) is 64.4 Å². The highest BCUT2D eigenvalue weighted by molar-refractivity contribution is 6.31. The van der Waals surface area contributed by atoms with E-state index in [0.29, 0.717) is 5.02 Å². The summed E-state index contributed by atoms with van der Waals surface area (Å²) in [5, 5.41) is 3.80. The Hall–Kier alpha value is -2.00. The van der Waals surface area contributed by atoms with Crippen molar-refractivity contribution in [3.05, 3.63) is 58.6 Å². The molecule has 4 heteroatoms. The summed E-state index contributed by atoms with van der Waals surface area (Å²) in [6.45, 7) is 6.17. The summed E-state index contributed by atoms with van der Waals surface area (Å²) >= 11 is 6.45. The molecule has 1 atom stereocenters. The zero-order chi connectivity index (χ0) is 19.4. The van der Waals surface area contributed by atoms with Crippen molar-refractivity contribution in [2.24, 2.45) is 0 Å². The minimum atomic E-state index is -0.544. The first-order valence-corrected chi connectivity index (χ1v) is 10.2. The van der Waals surface area contributed by atoms with Crippen LogP contribution in [-0.4, -0.2) is 12.0 Å². The number of aryl methyl sites for hydroxylation is 1. The zero-order valence-electron chi connectivity index (χ0n) is 16.3. The molecule has 3 rings (SSSR count). The van der Waals surface area contributed by atoms with Crippen LogP contribution in [0.15, 0.2) is 42.5 Å². The van der Waals surface area contributed by atoms with E-state index in [-0.39, 0.29) is 12.0 Å². The summed E-state index contributed by atoms with van der Waals surface area (Å²) in [5.74, 6) is 0.895. The lowest BCUT2D eigenvalue weighted by atomic mass is 9.78. The van der Waals surface area contributed by atoms with Crippen LogP contribution in [0, 0.1) is 6.92 Å². The summed E-state index contributed by atoms with van der Waals surface area (Å²) in [7, 11) is 0. The summed E-state index contributed by atoms with van der Waals surface area (Å²) in [5.41, 5.74) is 2.21. The van der Waals surface area contributed by atoms with Gasteiger partial charge in [-0.3, -0.25) is 4.79 Å². The molecule has 0 radical (unpaired) electrons. The topological polar surface area (TPSA) is 38.3 Å². The molecule has 1 amide bonds. The van der Waals surface area contributed by atoms with Gasteiger partial charge in [-0.05, 0) is 68.5 Å². The molecule has 0 bridgehead atoms. The van der Waals surface area contributed by atoms with E-state index in [4.69, 9.17) is 16.3 Å². The van der Waals surface area contributed by atoms with Crippen molar-refractivity contribution in [3.63, 3.8) is 0 Å². The number of anilines is 1. The fourth-order valence-corrected chi connectivity index (χ4v) is 4.17. The first kappa shape index (κ1) is 19.8. The van der Waals surface area contributed by atoms with Crippen LogP contribution in [-0.2, 0) is 10.2 Å². The Balaban J connectivity index is 1.83. The van der Waals surface area contributed by atoms with Crippen molar-refractivity contribution < 1.29 is 9.53 Å². The third-order valence-electron chi connectivity index (χ3n) is 5.62. The van der Waals surface area contributed by atoms with E-state index in [1.807, 2.05) is 49.4 Å². The van der Waals surface area contributed by atoms with Crippen LogP contribution in [0.4, 0.5) is 5.69 Å². The molecular formula is C23H28ClNO2. The molecule has 1 aliphatic carbocycles. The van der Waals surface area contributed by atoms with Gasteiger partial charge >= 0.3 is 0 Å². The maximum Gasteiger partial charge on any atom is 0.235 e. The van der Waals surface area contributed by atoms with Crippen LogP contribution < -0.4 is 10.1 Å². The third-order valence-corrected chi connectivity index (χ3v) is 5.95. The maximum absolute atomic E-state index is 13.3. The molecule has 0 saturated heterocycles. The highest BCUT2D eigenvalue weighted by Crippen LogP contribution is 2.44. The molecule has 1 N–H and O–H groups in total. The molecule has 144 valence electrons. The van der Waals surface area contributed by atoms with E-state index in [1.54, 1.807) is 0 Å². The lowest BCUT2D eigenvalue weighted by Gasteiger charge is -2.29. The second-order valence-electron chi connectivity index (χ2n) is 7.54. The molecule has 3 nitrogen and oxygen atoms in total. The molecule has 2 aromatic rings. The molecule has 1 fully saturated rings. The number of nitrogens with one attached hydrogen (secondary N) is 1. The lowest BCUT2D eigenvalue weighted by Crippen LogP contribution is -2.38. The molecule has 1 saturated carbocycles. The average molecular weight is 386 g/mol. The quantitative estimate of drug-likeness (QED) is 0.635. The highest BCUT2D eigenvalue weighted by Gasteiger charge is 2.43. The van der Waals surface area contributed by atoms with E-state index >= 15 is 0 Å². The van der Waals surface area contributed by atoms with Crippen LogP contribution in [0.1, 0.15) is 57.1 Å². The molecule has 27 heavy (non-hydrogen) atoms. The second-order valence-corrected chi connectivity index (χ2v) is 7.95. The number of hydrogen-bond acceptors (Lipinski definition) is 2. The van der Waals surface area contributed by atoms with Gasteiger partial charge in [0.1, 0.15) is 5.75 Å². The number of amides is 1. The highest BCUT2D eigenvalue weighted by atomic mass is 35.5. The Kier molecular flexibility index (Phi) is 6.11. The van der Waals surface area contributed by atoms with Gasteiger partial charge in [-0.25, -0.2) is 0 Å². The largest absolute Gasteiger partial charge is 0.490 e. The van der Waals surface area contributed by atoms with Crippen LogP contribution >= 0.6 is 11.6 Å². The fourth-order valence-electron chi connectivity index (χ4n) is 3.86. The summed E-state index contributed by atoms with van der Waals surface area (Å²) in [4.78, 5) is 13.3. The number of rotatable bonds is 6. The van der Waals surface area contributed by atoms with Crippen molar-refractivity contribution in [3.8, 4) is 5.75 Å². The molecule has 0 aromatic heterocycles. The average Bonchev–Trinajstić information content (AvgIpc) is 3.15. The number of halogens is 1. The lowest BCUT2D eigenvalue weighted by molar-refractivity contribution is -0.121. The fraction of sp³-hybridized carbons (Fsp3) is 0.435. The molecule has 0 heterocycles. The van der Waals surface area contributed by atoms with Crippen molar-refractivity contribution in [1.82, 2.24) is 0 Å². The Bertz CT molecular complexity index is 812. The van der Waals surface area contributed by atoms with Gasteiger partial charge in [-0.1, -0.05) is 49.6 Å². The third kappa shape index (κ3) is 4.14. The van der Waals surface area contributed by atoms with Crippen LogP contribution in [0.5, 0.6) is 5.75 Å². The number of carbonyl (C=O) groups excluding carboxylic acids is 1. The molecule has 0 spiro atoms. The minimum absolute atomic E-state index is 0.0306. The van der Waals surface area contributed by atoms with Gasteiger partial charge in [0.25, 0.3) is 0 Å². The van der Waals surface area contributed by atoms with Gasteiger partial charge < -0.3 is 10.1 Å². The standard InChI is InChI=1S/C23H28ClNO2/c1-4-17(3)27-21-12-11-18(15-16(21)2)25-22(26)23(13-7-8-14-23)19-9-5-6-10-20(19)24/h5-6,9-12,15,17H,4,7-8,13-14H2,1-3H3,(H,25,26). The summed E-state index contributed by atoms with van der Waals surface area (Å²) in [6.07, 6.45) is 4.87. The molecule has 1 unspecified atom stereocenters. The van der Waals surface area contributed by atoms with Crippen molar-refractivity contribution >= 4 is 23.2 Å². The zero-order valence-corrected chi connectivity index (χ0v) is 17.1. The maximum atomic E-state index is 13.3. The predicted octanol–water partition coefficient (Wildman–Crippen LogP) is 6.28. The van der Waals surface area contributed by atoms with Crippen LogP contribution in [0.3, 0.4) is 0 Å². The van der Waals surface area contributed by atoms with Crippen molar-refractivity contribution in [2.75, 3.05) is 5.32 Å². The number of hydrogen-bond donors (Lipinski definition) is 1. The van der Waals surface area contributed by atoms with Gasteiger partial charge in [0.05, 0.1) is 11.5 Å². The van der Waals surface area contributed by atoms with Crippen LogP contribution in [0.2, 0.25) is 5.02 Å². The SMILES string of the molecule is CCC(C)Oc1ccc(NC(=O)C2(c3ccccc3Cl)CCCC2)cc1C. The van der Waals surface area contributed by atoms with Gasteiger partial charge in [0.15, 0.2) is 0 Å². The number of benzene rings is 2. The van der Waals surface area contributed by atoms with Gasteiger partial charge in [-0.2, -0.15) is 0 Å². The van der Waals surface area contributed by atoms with E-state index in [0.717, 1.165) is 54.7 Å². The van der Waals surface area contributed by atoms with E-state index < -0.39 is 5.41 Å². The summed E-state index contributed by atoms with van der Waals surface area (Å²) in [6, 6.07) is 13.6. The van der Waals surface area contributed by atoms with Crippen LogP contribution in [0.25, 0.3) is 0 Å². The van der Waals surface area contributed by atoms with Gasteiger partial charge in [0, 0.05) is 10.7 Å². The Morgan fingerprint density at radius 3 is 2.56 bits per heavy atom. The molecule has 0 aliphatic heterocycles. The van der Waals surface area contributed by atoms with Gasteiger partial charge in [-0.15, -0.1) is 0 Å². The molecule has 1 aliphatic rings. The molecule has 2 aromatic carbocycles. The number of carbonyl (C=O) groups is 1. The van der Waals surface area contributed by atoms with E-state index in [1.165, 1.54) is 0 Å². The van der Waals surface area contributed by atoms with Gasteiger partial charge in [0.2, 0.25) is 5.91 Å². The first-order valence-electron chi connectivity index (χ1n) is 9.80. The first-order chi connectivity index (χ1) is 13.0. The Morgan fingerprint density at radius 2 is 1.93 bits per heavy atom. The summed E-state index contributed by atoms with van der Waals surface area (Å²) < 4.78 is 5.93. The van der Waals surface area contributed by atoms with Crippen molar-refractivity contribution in [1.29, 1.82) is 0 Å². The van der Waals surface area contributed by atoms with E-state index in [2.05, 4.69) is 19.2 Å². The number of ether oxygens (including phenoxy) is 1. The minimum Gasteiger partial charge on any atom is -0.490 e. The normalized spacial score (nSPS) is 16.7. The molecular weight excluding hydrogens is 358 g/mol. The smallest absolute Gasteiger partial charge is 0.235 e. The Labute approximate surface area is 167 Å².